The average molecular weight is 192 g/mol. The van der Waals surface area contributed by atoms with E-state index < -0.39 is 0 Å². The van der Waals surface area contributed by atoms with Crippen molar-refractivity contribution in [3.05, 3.63) is 36.6 Å². The second-order valence-electron chi connectivity index (χ2n) is 4.21. The molecule has 0 saturated carbocycles. The highest BCUT2D eigenvalue weighted by molar-refractivity contribution is 5.43. The van der Waals surface area contributed by atoms with Crippen molar-refractivity contribution in [3.8, 4) is 11.5 Å². The Morgan fingerprint density at radius 3 is 2.50 bits per heavy atom. The molecule has 0 atom stereocenters. The van der Waals surface area contributed by atoms with Gasteiger partial charge in [-0.05, 0) is 23.6 Å². The monoisotopic (exact) mass is 192 g/mol. The molecule has 0 heterocycles. The van der Waals surface area contributed by atoms with Gasteiger partial charge in [0.1, 0.15) is 11.5 Å². The van der Waals surface area contributed by atoms with Gasteiger partial charge in [-0.1, -0.05) is 27.4 Å². The van der Waals surface area contributed by atoms with Crippen LogP contribution in [0.4, 0.5) is 0 Å². The standard InChI is InChI=1S/C12H16O2/c1-5-14-9-6-7-11(13)10(8-9)12(2,3)4/h5-8,13H,1H2,2-4H3. The summed E-state index contributed by atoms with van der Waals surface area (Å²) in [5.41, 5.74) is 0.779. The third-order valence-corrected chi connectivity index (χ3v) is 2.00. The first-order chi connectivity index (χ1) is 6.45. The maximum Gasteiger partial charge on any atom is 0.127 e. The van der Waals surface area contributed by atoms with Gasteiger partial charge < -0.3 is 9.84 Å². The summed E-state index contributed by atoms with van der Waals surface area (Å²) in [4.78, 5) is 0. The number of hydrogen-bond donors (Lipinski definition) is 1. The van der Waals surface area contributed by atoms with E-state index in [-0.39, 0.29) is 5.41 Å². The summed E-state index contributed by atoms with van der Waals surface area (Å²) in [6.07, 6.45) is 1.37. The van der Waals surface area contributed by atoms with Crippen LogP contribution in [-0.4, -0.2) is 5.11 Å². The smallest absolute Gasteiger partial charge is 0.127 e. The minimum atomic E-state index is -0.0926. The molecule has 0 radical (unpaired) electrons. The van der Waals surface area contributed by atoms with E-state index in [1.807, 2.05) is 26.8 Å². The van der Waals surface area contributed by atoms with Gasteiger partial charge in [0.25, 0.3) is 0 Å². The first-order valence-electron chi connectivity index (χ1n) is 4.56. The van der Waals surface area contributed by atoms with E-state index in [1.54, 1.807) is 12.1 Å². The van der Waals surface area contributed by atoms with Crippen LogP contribution < -0.4 is 4.74 Å². The Bertz CT molecular complexity index is 335. The first kappa shape index (κ1) is 10.6. The molecule has 0 saturated heterocycles. The second kappa shape index (κ2) is 3.74. The van der Waals surface area contributed by atoms with Crippen molar-refractivity contribution in [1.29, 1.82) is 0 Å². The van der Waals surface area contributed by atoms with Crippen molar-refractivity contribution < 1.29 is 9.84 Å². The molecule has 0 spiro atoms. The van der Waals surface area contributed by atoms with Gasteiger partial charge in [0.05, 0.1) is 6.26 Å². The molecule has 2 heteroatoms. The zero-order valence-corrected chi connectivity index (χ0v) is 8.87. The summed E-state index contributed by atoms with van der Waals surface area (Å²) in [5.74, 6) is 0.997. The molecule has 0 bridgehead atoms. The largest absolute Gasteiger partial charge is 0.508 e. The number of aromatic hydroxyl groups is 1. The molecule has 14 heavy (non-hydrogen) atoms. The van der Waals surface area contributed by atoms with Crippen LogP contribution in [0.5, 0.6) is 11.5 Å². The van der Waals surface area contributed by atoms with Gasteiger partial charge in [0, 0.05) is 5.56 Å². The Labute approximate surface area is 84.8 Å². The zero-order chi connectivity index (χ0) is 10.8. The number of hydrogen-bond acceptors (Lipinski definition) is 2. The number of benzene rings is 1. The van der Waals surface area contributed by atoms with Crippen molar-refractivity contribution in [1.82, 2.24) is 0 Å². The summed E-state index contributed by atoms with van der Waals surface area (Å²) in [6.45, 7) is 9.61. The predicted molar refractivity (Wildman–Crippen MR) is 57.6 cm³/mol. The summed E-state index contributed by atoms with van der Waals surface area (Å²) >= 11 is 0. The Balaban J connectivity index is 3.15. The molecule has 76 valence electrons. The van der Waals surface area contributed by atoms with Gasteiger partial charge in [-0.25, -0.2) is 0 Å². The number of ether oxygens (including phenoxy) is 1. The molecule has 0 aliphatic heterocycles. The molecular formula is C12H16O2. The van der Waals surface area contributed by atoms with Crippen LogP contribution in [0.25, 0.3) is 0 Å². The van der Waals surface area contributed by atoms with E-state index in [0.717, 1.165) is 5.56 Å². The van der Waals surface area contributed by atoms with Crippen molar-refractivity contribution in [2.24, 2.45) is 0 Å². The Kier molecular flexibility index (Phi) is 2.84. The number of rotatable bonds is 2. The van der Waals surface area contributed by atoms with E-state index in [9.17, 15) is 5.11 Å². The molecule has 1 N–H and O–H groups in total. The quantitative estimate of drug-likeness (QED) is 0.729. The summed E-state index contributed by atoms with van der Waals surface area (Å²) in [6, 6.07) is 5.18. The molecule has 1 aromatic rings. The third-order valence-electron chi connectivity index (χ3n) is 2.00. The topological polar surface area (TPSA) is 29.5 Å². The molecule has 0 aromatic heterocycles. The van der Waals surface area contributed by atoms with Crippen LogP contribution in [0.3, 0.4) is 0 Å². The van der Waals surface area contributed by atoms with Gasteiger partial charge in [-0.15, -0.1) is 0 Å². The zero-order valence-electron chi connectivity index (χ0n) is 8.87. The molecule has 0 unspecified atom stereocenters. The van der Waals surface area contributed by atoms with Crippen LogP contribution in [-0.2, 0) is 5.41 Å². The third kappa shape index (κ3) is 2.28. The summed E-state index contributed by atoms with van der Waals surface area (Å²) in [5, 5.41) is 9.66. The highest BCUT2D eigenvalue weighted by Crippen LogP contribution is 2.33. The molecule has 0 aliphatic rings. The van der Waals surface area contributed by atoms with E-state index in [2.05, 4.69) is 6.58 Å². The van der Waals surface area contributed by atoms with Gasteiger partial charge in [-0.3, -0.25) is 0 Å². The highest BCUT2D eigenvalue weighted by Gasteiger charge is 2.18. The lowest BCUT2D eigenvalue weighted by atomic mass is 9.86. The molecule has 2 nitrogen and oxygen atoms in total. The van der Waals surface area contributed by atoms with Crippen LogP contribution >= 0.6 is 0 Å². The Morgan fingerprint density at radius 1 is 1.36 bits per heavy atom. The van der Waals surface area contributed by atoms with E-state index in [0.29, 0.717) is 11.5 Å². The van der Waals surface area contributed by atoms with Crippen LogP contribution in [0.15, 0.2) is 31.0 Å². The molecule has 1 rings (SSSR count). The van der Waals surface area contributed by atoms with E-state index in [1.165, 1.54) is 6.26 Å². The summed E-state index contributed by atoms with van der Waals surface area (Å²) in [7, 11) is 0. The van der Waals surface area contributed by atoms with Gasteiger partial charge in [0.15, 0.2) is 0 Å². The fourth-order valence-corrected chi connectivity index (χ4v) is 1.29. The normalized spacial score (nSPS) is 11.1. The molecule has 0 amide bonds. The van der Waals surface area contributed by atoms with Crippen LogP contribution in [0.1, 0.15) is 26.3 Å². The Morgan fingerprint density at radius 2 is 2.00 bits per heavy atom. The number of phenols is 1. The van der Waals surface area contributed by atoms with Gasteiger partial charge >= 0.3 is 0 Å². The van der Waals surface area contributed by atoms with Crippen LogP contribution in [0.2, 0.25) is 0 Å². The Hall–Kier alpha value is -1.44. The highest BCUT2D eigenvalue weighted by atomic mass is 16.5. The van der Waals surface area contributed by atoms with Crippen LogP contribution in [0, 0.1) is 0 Å². The SMILES string of the molecule is C=COc1ccc(O)c(C(C)(C)C)c1. The molecule has 1 aromatic carbocycles. The van der Waals surface area contributed by atoms with Crippen molar-refractivity contribution >= 4 is 0 Å². The van der Waals surface area contributed by atoms with Crippen molar-refractivity contribution in [2.45, 2.75) is 26.2 Å². The maximum absolute atomic E-state index is 9.66. The van der Waals surface area contributed by atoms with E-state index >= 15 is 0 Å². The number of phenolic OH excluding ortho intramolecular Hbond substituents is 1. The second-order valence-corrected chi connectivity index (χ2v) is 4.21. The van der Waals surface area contributed by atoms with Crippen molar-refractivity contribution in [2.75, 3.05) is 0 Å². The predicted octanol–water partition coefficient (Wildman–Crippen LogP) is 3.21. The lowest BCUT2D eigenvalue weighted by Gasteiger charge is -2.20. The first-order valence-corrected chi connectivity index (χ1v) is 4.56. The van der Waals surface area contributed by atoms with Crippen molar-refractivity contribution in [3.63, 3.8) is 0 Å². The fourth-order valence-electron chi connectivity index (χ4n) is 1.29. The maximum atomic E-state index is 9.66. The van der Waals surface area contributed by atoms with Gasteiger partial charge in [0.2, 0.25) is 0 Å². The molecular weight excluding hydrogens is 176 g/mol. The minimum absolute atomic E-state index is 0.0926. The molecule has 0 aliphatic carbocycles. The fraction of sp³-hybridized carbons (Fsp3) is 0.333. The van der Waals surface area contributed by atoms with E-state index in [4.69, 9.17) is 4.74 Å². The lowest BCUT2D eigenvalue weighted by Crippen LogP contribution is -2.11. The van der Waals surface area contributed by atoms with Gasteiger partial charge in [-0.2, -0.15) is 0 Å². The molecule has 0 fully saturated rings. The average Bonchev–Trinajstić information content (AvgIpc) is 2.07. The summed E-state index contributed by atoms with van der Waals surface area (Å²) < 4.78 is 5.15. The lowest BCUT2D eigenvalue weighted by molar-refractivity contribution is 0.438. The minimum Gasteiger partial charge on any atom is -0.508 e.